The number of rotatable bonds is 4. The van der Waals surface area contributed by atoms with Crippen molar-refractivity contribution in [3.63, 3.8) is 0 Å². The molecule has 0 spiro atoms. The maximum Gasteiger partial charge on any atom is 0.339 e. The van der Waals surface area contributed by atoms with Crippen LogP contribution in [0.1, 0.15) is 30.9 Å². The van der Waals surface area contributed by atoms with Crippen LogP contribution in [0.5, 0.6) is 0 Å². The number of hydrogen-bond acceptors (Lipinski definition) is 5. The Morgan fingerprint density at radius 1 is 1.38 bits per heavy atom. The van der Waals surface area contributed by atoms with Gasteiger partial charge in [-0.1, -0.05) is 6.07 Å². The molecule has 3 rings (SSSR count). The summed E-state index contributed by atoms with van der Waals surface area (Å²) in [6, 6.07) is 7.95. The molecule has 0 saturated carbocycles. The van der Waals surface area contributed by atoms with Crippen LogP contribution < -0.4 is 0 Å². The molecule has 1 fully saturated rings. The summed E-state index contributed by atoms with van der Waals surface area (Å²) < 4.78 is 17.5. The zero-order valence-corrected chi connectivity index (χ0v) is 12.7. The van der Waals surface area contributed by atoms with Crippen molar-refractivity contribution >= 4 is 27.4 Å². The van der Waals surface area contributed by atoms with Crippen LogP contribution in [0.4, 0.5) is 0 Å². The third kappa shape index (κ3) is 3.26. The summed E-state index contributed by atoms with van der Waals surface area (Å²) in [5, 5.41) is 3.15. The maximum absolute atomic E-state index is 12.1. The number of benzene rings is 1. The Morgan fingerprint density at radius 2 is 2.29 bits per heavy atom. The minimum Gasteiger partial charge on any atom is -0.467 e. The van der Waals surface area contributed by atoms with Crippen molar-refractivity contribution < 1.29 is 19.0 Å². The quantitative estimate of drug-likeness (QED) is 0.809. The largest absolute Gasteiger partial charge is 0.467 e. The van der Waals surface area contributed by atoms with Gasteiger partial charge in [-0.2, -0.15) is 0 Å². The van der Waals surface area contributed by atoms with Crippen molar-refractivity contribution in [1.29, 1.82) is 0 Å². The zero-order chi connectivity index (χ0) is 14.7. The summed E-state index contributed by atoms with van der Waals surface area (Å²) in [5.41, 5.74) is 0.807. The first-order valence-electron chi connectivity index (χ1n) is 7.10. The van der Waals surface area contributed by atoms with Gasteiger partial charge in [0.15, 0.2) is 12.4 Å². The van der Waals surface area contributed by atoms with Gasteiger partial charge < -0.3 is 14.2 Å². The van der Waals surface area contributed by atoms with Gasteiger partial charge in [0.25, 0.3) is 0 Å². The lowest BCUT2D eigenvalue weighted by Gasteiger charge is -2.26. The molecule has 0 N–H and O–H groups in total. The van der Waals surface area contributed by atoms with Crippen LogP contribution in [-0.4, -0.2) is 26.0 Å². The molecule has 1 aromatic heterocycles. The Balaban J connectivity index is 1.84. The molecule has 2 atom stereocenters. The summed E-state index contributed by atoms with van der Waals surface area (Å²) in [4.78, 5) is 12.1. The standard InChI is InChI=1S/C16H18O4S/c1-18-16(17)15(20-14-4-2-3-8-19-14)12-5-6-13-11(10-12)7-9-21-13/h5-7,9-10,14-15H,2-4,8H2,1H3/t14?,15-/m1/s1. The summed E-state index contributed by atoms with van der Waals surface area (Å²) in [7, 11) is 1.38. The molecule has 1 aliphatic rings. The van der Waals surface area contributed by atoms with E-state index in [2.05, 4.69) is 0 Å². The Bertz CT molecular complexity index is 616. The lowest BCUT2D eigenvalue weighted by atomic mass is 10.1. The number of hydrogen-bond donors (Lipinski definition) is 0. The SMILES string of the molecule is COC(=O)[C@H](OC1CCCCO1)c1ccc2sccc2c1. The molecule has 0 bridgehead atoms. The monoisotopic (exact) mass is 306 g/mol. The Labute approximate surface area is 127 Å². The van der Waals surface area contributed by atoms with E-state index in [1.54, 1.807) is 11.3 Å². The van der Waals surface area contributed by atoms with E-state index in [0.717, 1.165) is 30.2 Å². The van der Waals surface area contributed by atoms with E-state index in [9.17, 15) is 4.79 Å². The molecule has 2 heterocycles. The second-order valence-electron chi connectivity index (χ2n) is 5.05. The summed E-state index contributed by atoms with van der Waals surface area (Å²) in [6.45, 7) is 0.683. The summed E-state index contributed by atoms with van der Waals surface area (Å²) >= 11 is 1.68. The Morgan fingerprint density at radius 3 is 3.05 bits per heavy atom. The summed E-state index contributed by atoms with van der Waals surface area (Å²) in [5.74, 6) is -0.390. The maximum atomic E-state index is 12.1. The van der Waals surface area contributed by atoms with Crippen LogP contribution in [0.3, 0.4) is 0 Å². The van der Waals surface area contributed by atoms with E-state index in [4.69, 9.17) is 14.2 Å². The minimum atomic E-state index is -0.734. The molecule has 1 unspecified atom stereocenters. The first-order valence-corrected chi connectivity index (χ1v) is 7.98. The van der Waals surface area contributed by atoms with Crippen LogP contribution >= 0.6 is 11.3 Å². The van der Waals surface area contributed by atoms with E-state index < -0.39 is 12.1 Å². The summed E-state index contributed by atoms with van der Waals surface area (Å²) in [6.07, 6.45) is 1.85. The smallest absolute Gasteiger partial charge is 0.339 e. The normalized spacial score (nSPS) is 20.3. The number of carbonyl (C=O) groups excluding carboxylic acids is 1. The van der Waals surface area contributed by atoms with Crippen LogP contribution in [0.15, 0.2) is 29.6 Å². The van der Waals surface area contributed by atoms with Crippen LogP contribution in [0.25, 0.3) is 10.1 Å². The van der Waals surface area contributed by atoms with Crippen molar-refractivity contribution in [3.05, 3.63) is 35.2 Å². The third-order valence-corrected chi connectivity index (χ3v) is 4.52. The number of esters is 1. The molecule has 2 aromatic rings. The molecule has 5 heteroatoms. The van der Waals surface area contributed by atoms with Gasteiger partial charge in [0, 0.05) is 11.3 Å². The average Bonchev–Trinajstić information content (AvgIpc) is 3.00. The first kappa shape index (κ1) is 14.5. The van der Waals surface area contributed by atoms with E-state index in [0.29, 0.717) is 6.61 Å². The fourth-order valence-corrected chi connectivity index (χ4v) is 3.27. The van der Waals surface area contributed by atoms with Crippen LogP contribution in [-0.2, 0) is 19.0 Å². The van der Waals surface area contributed by atoms with Gasteiger partial charge in [-0.25, -0.2) is 4.79 Å². The molecule has 1 saturated heterocycles. The molecule has 21 heavy (non-hydrogen) atoms. The Kier molecular flexibility index (Phi) is 4.53. The third-order valence-electron chi connectivity index (χ3n) is 3.62. The average molecular weight is 306 g/mol. The molecule has 0 aliphatic carbocycles. The lowest BCUT2D eigenvalue weighted by Crippen LogP contribution is -2.28. The van der Waals surface area contributed by atoms with Gasteiger partial charge in [0.2, 0.25) is 0 Å². The van der Waals surface area contributed by atoms with Gasteiger partial charge in [-0.15, -0.1) is 11.3 Å². The fourth-order valence-electron chi connectivity index (χ4n) is 2.50. The van der Waals surface area contributed by atoms with Crippen molar-refractivity contribution in [2.24, 2.45) is 0 Å². The first-order chi connectivity index (χ1) is 10.3. The van der Waals surface area contributed by atoms with E-state index in [1.165, 1.54) is 11.8 Å². The zero-order valence-electron chi connectivity index (χ0n) is 11.9. The van der Waals surface area contributed by atoms with E-state index >= 15 is 0 Å². The second-order valence-corrected chi connectivity index (χ2v) is 6.00. The highest BCUT2D eigenvalue weighted by molar-refractivity contribution is 7.17. The van der Waals surface area contributed by atoms with Gasteiger partial charge in [-0.05, 0) is 53.8 Å². The highest BCUT2D eigenvalue weighted by Crippen LogP contribution is 2.29. The molecular weight excluding hydrogens is 288 g/mol. The number of ether oxygens (including phenoxy) is 3. The highest BCUT2D eigenvalue weighted by atomic mass is 32.1. The van der Waals surface area contributed by atoms with Gasteiger partial charge in [0.05, 0.1) is 7.11 Å². The molecule has 0 amide bonds. The number of carbonyl (C=O) groups is 1. The van der Waals surface area contributed by atoms with Gasteiger partial charge in [0.1, 0.15) is 0 Å². The van der Waals surface area contributed by atoms with Crippen LogP contribution in [0, 0.1) is 0 Å². The van der Waals surface area contributed by atoms with Crippen LogP contribution in [0.2, 0.25) is 0 Å². The lowest BCUT2D eigenvalue weighted by molar-refractivity contribution is -0.204. The topological polar surface area (TPSA) is 44.8 Å². The molecule has 1 aromatic carbocycles. The van der Waals surface area contributed by atoms with Crippen molar-refractivity contribution in [1.82, 2.24) is 0 Å². The predicted molar refractivity (Wildman–Crippen MR) is 81.3 cm³/mol. The number of methoxy groups -OCH3 is 1. The molecule has 1 aliphatic heterocycles. The second kappa shape index (κ2) is 6.56. The minimum absolute atomic E-state index is 0.332. The van der Waals surface area contributed by atoms with Crippen molar-refractivity contribution in [2.75, 3.05) is 13.7 Å². The predicted octanol–water partition coefficient (Wildman–Crippen LogP) is 3.66. The fraction of sp³-hybridized carbons (Fsp3) is 0.438. The molecule has 4 nitrogen and oxygen atoms in total. The number of fused-ring (bicyclic) bond motifs is 1. The van der Waals surface area contributed by atoms with Crippen molar-refractivity contribution in [2.45, 2.75) is 31.7 Å². The van der Waals surface area contributed by atoms with E-state index in [1.807, 2.05) is 29.6 Å². The molecular formula is C16H18O4S. The van der Waals surface area contributed by atoms with Gasteiger partial charge >= 0.3 is 5.97 Å². The van der Waals surface area contributed by atoms with Crippen molar-refractivity contribution in [3.8, 4) is 0 Å². The van der Waals surface area contributed by atoms with Gasteiger partial charge in [-0.3, -0.25) is 0 Å². The van der Waals surface area contributed by atoms with E-state index in [-0.39, 0.29) is 6.29 Å². The molecule has 112 valence electrons. The highest BCUT2D eigenvalue weighted by Gasteiger charge is 2.28. The number of thiophene rings is 1. The molecule has 0 radical (unpaired) electrons. The Hall–Kier alpha value is -1.43.